The van der Waals surface area contributed by atoms with Gasteiger partial charge in [-0.3, -0.25) is 4.98 Å². The van der Waals surface area contributed by atoms with Crippen LogP contribution >= 0.6 is 0 Å². The van der Waals surface area contributed by atoms with Gasteiger partial charge in [-0.1, -0.05) is 0 Å². The van der Waals surface area contributed by atoms with Gasteiger partial charge < -0.3 is 15.5 Å². The van der Waals surface area contributed by atoms with Crippen molar-refractivity contribution in [3.63, 3.8) is 0 Å². The Morgan fingerprint density at radius 2 is 2.31 bits per heavy atom. The van der Waals surface area contributed by atoms with E-state index in [4.69, 9.17) is 5.11 Å². The van der Waals surface area contributed by atoms with Crippen LogP contribution in [0.25, 0.3) is 0 Å². The number of hydrogen-bond acceptors (Lipinski definition) is 4. The van der Waals surface area contributed by atoms with Crippen molar-refractivity contribution >= 4 is 11.7 Å². The second kappa shape index (κ2) is 3.75. The van der Waals surface area contributed by atoms with Gasteiger partial charge >= 0.3 is 5.97 Å². The Kier molecular flexibility index (Phi) is 2.55. The summed E-state index contributed by atoms with van der Waals surface area (Å²) in [6, 6.07) is 1.69. The number of anilines is 1. The summed E-state index contributed by atoms with van der Waals surface area (Å²) < 4.78 is 0. The molecule has 1 fully saturated rings. The molecule has 0 bridgehead atoms. The normalized spacial score (nSPS) is 16.9. The number of aliphatic hydroxyl groups is 1. The highest BCUT2D eigenvalue weighted by Crippen LogP contribution is 2.39. The molecule has 1 saturated carbocycles. The molecule has 86 valence electrons. The molecular weight excluding hydrogens is 208 g/mol. The van der Waals surface area contributed by atoms with E-state index in [1.165, 1.54) is 6.20 Å². The highest BCUT2D eigenvalue weighted by atomic mass is 16.4. The fraction of sp³-hybridized carbons (Fsp3) is 0.455. The van der Waals surface area contributed by atoms with Crippen LogP contribution in [0.4, 0.5) is 5.69 Å². The first kappa shape index (κ1) is 10.9. The van der Waals surface area contributed by atoms with Crippen LogP contribution in [0.15, 0.2) is 12.3 Å². The van der Waals surface area contributed by atoms with E-state index in [1.54, 1.807) is 13.0 Å². The van der Waals surface area contributed by atoms with E-state index in [2.05, 4.69) is 10.3 Å². The van der Waals surface area contributed by atoms with Crippen molar-refractivity contribution in [2.24, 2.45) is 0 Å². The third-order valence-electron chi connectivity index (χ3n) is 2.83. The summed E-state index contributed by atoms with van der Waals surface area (Å²) in [5, 5.41) is 21.3. The van der Waals surface area contributed by atoms with E-state index in [9.17, 15) is 9.90 Å². The molecule has 16 heavy (non-hydrogen) atoms. The maximum absolute atomic E-state index is 11.0. The first-order valence-corrected chi connectivity index (χ1v) is 5.15. The molecule has 1 aliphatic rings. The van der Waals surface area contributed by atoms with Crippen molar-refractivity contribution in [3.8, 4) is 0 Å². The number of aromatic nitrogens is 1. The molecule has 5 nitrogen and oxygen atoms in total. The van der Waals surface area contributed by atoms with Crippen LogP contribution in [0.2, 0.25) is 0 Å². The molecule has 1 aromatic rings. The van der Waals surface area contributed by atoms with Crippen molar-refractivity contribution in [2.45, 2.75) is 25.3 Å². The summed E-state index contributed by atoms with van der Waals surface area (Å²) in [6.07, 6.45) is 3.07. The van der Waals surface area contributed by atoms with Crippen LogP contribution in [-0.2, 0) is 0 Å². The van der Waals surface area contributed by atoms with Gasteiger partial charge in [-0.15, -0.1) is 0 Å². The second-order valence-corrected chi connectivity index (χ2v) is 4.24. The highest BCUT2D eigenvalue weighted by molar-refractivity contribution is 5.94. The molecular formula is C11H14N2O3. The standard InChI is InChI=1S/C11H14N2O3/c1-7-4-9(8(5-12-7)10(15)16)13-11(6-14)2-3-11/h4-5,14H,2-3,6H2,1H3,(H,12,13)(H,15,16). The van der Waals surface area contributed by atoms with Gasteiger partial charge in [-0.2, -0.15) is 0 Å². The summed E-state index contributed by atoms with van der Waals surface area (Å²) >= 11 is 0. The number of aryl methyl sites for hydroxylation is 1. The number of rotatable bonds is 4. The largest absolute Gasteiger partial charge is 0.478 e. The number of hydrogen-bond donors (Lipinski definition) is 3. The van der Waals surface area contributed by atoms with Crippen molar-refractivity contribution in [3.05, 3.63) is 23.5 Å². The molecule has 0 aromatic carbocycles. The van der Waals surface area contributed by atoms with E-state index < -0.39 is 5.97 Å². The number of nitrogens with one attached hydrogen (secondary N) is 1. The Morgan fingerprint density at radius 3 is 2.81 bits per heavy atom. The van der Waals surface area contributed by atoms with Crippen LogP contribution < -0.4 is 5.32 Å². The minimum atomic E-state index is -1.01. The minimum absolute atomic E-state index is 0.0213. The predicted molar refractivity (Wildman–Crippen MR) is 58.6 cm³/mol. The molecule has 0 aliphatic heterocycles. The zero-order valence-corrected chi connectivity index (χ0v) is 9.03. The molecule has 0 saturated heterocycles. The SMILES string of the molecule is Cc1cc(NC2(CO)CC2)c(C(=O)O)cn1. The van der Waals surface area contributed by atoms with E-state index in [-0.39, 0.29) is 17.7 Å². The Labute approximate surface area is 93.1 Å². The quantitative estimate of drug-likeness (QED) is 0.708. The summed E-state index contributed by atoms with van der Waals surface area (Å²) in [6.45, 7) is 1.82. The van der Waals surface area contributed by atoms with Crippen molar-refractivity contribution < 1.29 is 15.0 Å². The number of carbonyl (C=O) groups is 1. The Hall–Kier alpha value is -1.62. The Morgan fingerprint density at radius 1 is 1.62 bits per heavy atom. The molecule has 0 radical (unpaired) electrons. The van der Waals surface area contributed by atoms with Crippen molar-refractivity contribution in [1.82, 2.24) is 4.98 Å². The Balaban J connectivity index is 2.31. The second-order valence-electron chi connectivity index (χ2n) is 4.24. The summed E-state index contributed by atoms with van der Waals surface area (Å²) in [5.74, 6) is -1.01. The summed E-state index contributed by atoms with van der Waals surface area (Å²) in [4.78, 5) is 14.9. The number of aliphatic hydroxyl groups excluding tert-OH is 1. The minimum Gasteiger partial charge on any atom is -0.478 e. The number of carboxylic acid groups (broad SMARTS) is 1. The summed E-state index contributed by atoms with van der Waals surface area (Å²) in [7, 11) is 0. The first-order chi connectivity index (χ1) is 7.56. The topological polar surface area (TPSA) is 82.5 Å². The van der Waals surface area contributed by atoms with Crippen LogP contribution in [0.5, 0.6) is 0 Å². The Bertz CT molecular complexity index is 427. The van der Waals surface area contributed by atoms with E-state index >= 15 is 0 Å². The third-order valence-corrected chi connectivity index (χ3v) is 2.83. The predicted octanol–water partition coefficient (Wildman–Crippen LogP) is 1.03. The lowest BCUT2D eigenvalue weighted by Gasteiger charge is -2.17. The third kappa shape index (κ3) is 1.99. The molecule has 0 unspecified atom stereocenters. The lowest BCUT2D eigenvalue weighted by Crippen LogP contribution is -2.26. The van der Waals surface area contributed by atoms with Gasteiger partial charge in [-0.25, -0.2) is 4.79 Å². The van der Waals surface area contributed by atoms with E-state index in [0.717, 1.165) is 18.5 Å². The monoisotopic (exact) mass is 222 g/mol. The lowest BCUT2D eigenvalue weighted by atomic mass is 10.1. The highest BCUT2D eigenvalue weighted by Gasteiger charge is 2.42. The molecule has 5 heteroatoms. The van der Waals surface area contributed by atoms with Gasteiger partial charge in [0.05, 0.1) is 17.8 Å². The van der Waals surface area contributed by atoms with Gasteiger partial charge in [0.25, 0.3) is 0 Å². The van der Waals surface area contributed by atoms with Crippen molar-refractivity contribution in [1.29, 1.82) is 0 Å². The molecule has 3 N–H and O–H groups in total. The van der Waals surface area contributed by atoms with Gasteiger partial charge in [0, 0.05) is 11.9 Å². The molecule has 1 heterocycles. The maximum Gasteiger partial charge on any atom is 0.339 e. The zero-order valence-electron chi connectivity index (χ0n) is 9.03. The maximum atomic E-state index is 11.0. The molecule has 1 aromatic heterocycles. The lowest BCUT2D eigenvalue weighted by molar-refractivity contribution is 0.0697. The molecule has 0 atom stereocenters. The van der Waals surface area contributed by atoms with Gasteiger partial charge in [0.2, 0.25) is 0 Å². The van der Waals surface area contributed by atoms with Crippen LogP contribution in [0, 0.1) is 6.92 Å². The number of aromatic carboxylic acids is 1. The molecule has 0 amide bonds. The molecule has 0 spiro atoms. The fourth-order valence-corrected chi connectivity index (χ4v) is 1.59. The first-order valence-electron chi connectivity index (χ1n) is 5.15. The zero-order chi connectivity index (χ0) is 11.8. The van der Waals surface area contributed by atoms with Gasteiger partial charge in [-0.05, 0) is 25.8 Å². The number of carboxylic acids is 1. The molecule has 2 rings (SSSR count). The van der Waals surface area contributed by atoms with E-state index in [1.807, 2.05) is 0 Å². The van der Waals surface area contributed by atoms with Crippen LogP contribution in [-0.4, -0.2) is 33.3 Å². The smallest absolute Gasteiger partial charge is 0.339 e. The fourth-order valence-electron chi connectivity index (χ4n) is 1.59. The molecule has 1 aliphatic carbocycles. The number of pyridine rings is 1. The summed E-state index contributed by atoms with van der Waals surface area (Å²) in [5.41, 5.74) is 1.11. The van der Waals surface area contributed by atoms with Crippen LogP contribution in [0.1, 0.15) is 28.9 Å². The van der Waals surface area contributed by atoms with Crippen LogP contribution in [0.3, 0.4) is 0 Å². The van der Waals surface area contributed by atoms with Gasteiger partial charge in [0.1, 0.15) is 5.56 Å². The average Bonchev–Trinajstić information content (AvgIpc) is 2.98. The number of nitrogens with zero attached hydrogens (tertiary/aromatic N) is 1. The average molecular weight is 222 g/mol. The van der Waals surface area contributed by atoms with Crippen molar-refractivity contribution in [2.75, 3.05) is 11.9 Å². The van der Waals surface area contributed by atoms with E-state index in [0.29, 0.717) is 5.69 Å². The van der Waals surface area contributed by atoms with Gasteiger partial charge in [0.15, 0.2) is 0 Å².